The Morgan fingerprint density at radius 1 is 1.06 bits per heavy atom. The maximum Gasteiger partial charge on any atom is 0.237 e. The van der Waals surface area contributed by atoms with Gasteiger partial charge >= 0.3 is 0 Å². The minimum atomic E-state index is -0.0619. The van der Waals surface area contributed by atoms with Gasteiger partial charge in [0.15, 0.2) is 5.82 Å². The second-order valence-corrected chi connectivity index (χ2v) is 9.35. The molecule has 0 aromatic carbocycles. The molecule has 2 amide bonds. The monoisotopic (exact) mass is 428 g/mol. The standard InChI is InChI=1S/C23H36N6O2/c1-16-7-11-27(12-8-16)15-21(31)29-10-5-4-6-20(29)23-25-19-9-13-28(17(2)30)14-18(19)22(24-3)26-23/h16,20H,4-15H2,1-3H3,(H,24,25,26)/t20-/m1/s1. The van der Waals surface area contributed by atoms with Crippen molar-refractivity contribution >= 4 is 17.6 Å². The summed E-state index contributed by atoms with van der Waals surface area (Å²) in [6.07, 6.45) is 6.11. The Morgan fingerprint density at radius 3 is 2.55 bits per heavy atom. The Balaban J connectivity index is 1.54. The number of hydrogen-bond donors (Lipinski definition) is 1. The molecule has 1 atom stereocenters. The number of rotatable bonds is 4. The van der Waals surface area contributed by atoms with Crippen LogP contribution in [0.2, 0.25) is 0 Å². The molecule has 1 aromatic rings. The summed E-state index contributed by atoms with van der Waals surface area (Å²) in [6.45, 7) is 8.43. The summed E-state index contributed by atoms with van der Waals surface area (Å²) in [4.78, 5) is 41.0. The summed E-state index contributed by atoms with van der Waals surface area (Å²) in [5.41, 5.74) is 2.01. The molecular formula is C23H36N6O2. The zero-order valence-electron chi connectivity index (χ0n) is 19.2. The molecule has 4 heterocycles. The molecule has 31 heavy (non-hydrogen) atoms. The van der Waals surface area contributed by atoms with Crippen LogP contribution in [-0.2, 0) is 22.6 Å². The second kappa shape index (κ2) is 9.51. The third kappa shape index (κ3) is 4.84. The maximum absolute atomic E-state index is 13.3. The van der Waals surface area contributed by atoms with E-state index < -0.39 is 0 Å². The zero-order chi connectivity index (χ0) is 22.0. The first-order valence-electron chi connectivity index (χ1n) is 11.8. The summed E-state index contributed by atoms with van der Waals surface area (Å²) in [5, 5.41) is 3.21. The van der Waals surface area contributed by atoms with Gasteiger partial charge in [-0.25, -0.2) is 9.97 Å². The molecule has 0 bridgehead atoms. The fraction of sp³-hybridized carbons (Fsp3) is 0.739. The number of fused-ring (bicyclic) bond motifs is 1. The lowest BCUT2D eigenvalue weighted by atomic mass is 9.98. The molecule has 0 radical (unpaired) electrons. The molecule has 170 valence electrons. The topological polar surface area (TPSA) is 81.7 Å². The van der Waals surface area contributed by atoms with Gasteiger partial charge in [0.1, 0.15) is 5.82 Å². The van der Waals surface area contributed by atoms with Crippen LogP contribution < -0.4 is 5.32 Å². The van der Waals surface area contributed by atoms with Crippen LogP contribution in [0.15, 0.2) is 0 Å². The van der Waals surface area contributed by atoms with Crippen molar-refractivity contribution in [1.82, 2.24) is 24.7 Å². The van der Waals surface area contributed by atoms with E-state index in [2.05, 4.69) is 17.1 Å². The summed E-state index contributed by atoms with van der Waals surface area (Å²) in [7, 11) is 1.86. The first kappa shape index (κ1) is 22.0. The van der Waals surface area contributed by atoms with Crippen molar-refractivity contribution in [3.63, 3.8) is 0 Å². The molecule has 0 saturated carbocycles. The number of carbonyl (C=O) groups is 2. The van der Waals surface area contributed by atoms with Crippen LogP contribution in [0.3, 0.4) is 0 Å². The number of likely N-dealkylation sites (tertiary alicyclic amines) is 2. The molecule has 2 fully saturated rings. The fourth-order valence-electron chi connectivity index (χ4n) is 5.06. The first-order valence-corrected chi connectivity index (χ1v) is 11.8. The number of aromatic nitrogens is 2. The molecule has 0 unspecified atom stereocenters. The summed E-state index contributed by atoms with van der Waals surface area (Å²) < 4.78 is 0. The van der Waals surface area contributed by atoms with Crippen molar-refractivity contribution in [2.45, 2.75) is 65.0 Å². The van der Waals surface area contributed by atoms with Crippen LogP contribution in [0, 0.1) is 5.92 Å². The van der Waals surface area contributed by atoms with Crippen molar-refractivity contribution in [2.24, 2.45) is 5.92 Å². The van der Waals surface area contributed by atoms with E-state index in [9.17, 15) is 9.59 Å². The van der Waals surface area contributed by atoms with Gasteiger partial charge in [-0.05, 0) is 51.1 Å². The van der Waals surface area contributed by atoms with Gasteiger partial charge in [-0.2, -0.15) is 0 Å². The third-order valence-electron chi connectivity index (χ3n) is 7.12. The van der Waals surface area contributed by atoms with Gasteiger partial charge in [-0.1, -0.05) is 6.92 Å². The zero-order valence-corrected chi connectivity index (χ0v) is 19.2. The Labute approximate surface area is 185 Å². The lowest BCUT2D eigenvalue weighted by Crippen LogP contribution is -2.46. The molecule has 8 nitrogen and oxygen atoms in total. The number of hydrogen-bond acceptors (Lipinski definition) is 6. The molecule has 1 aromatic heterocycles. The third-order valence-corrected chi connectivity index (χ3v) is 7.12. The van der Waals surface area contributed by atoms with Gasteiger partial charge in [0.25, 0.3) is 0 Å². The van der Waals surface area contributed by atoms with Crippen molar-refractivity contribution in [1.29, 1.82) is 0 Å². The van der Waals surface area contributed by atoms with E-state index in [1.807, 2.05) is 16.8 Å². The van der Waals surface area contributed by atoms with Crippen LogP contribution in [0.4, 0.5) is 5.82 Å². The van der Waals surface area contributed by atoms with Gasteiger partial charge in [0.2, 0.25) is 11.8 Å². The van der Waals surface area contributed by atoms with Gasteiger partial charge in [0.05, 0.1) is 24.8 Å². The normalized spacial score (nSPS) is 22.9. The van der Waals surface area contributed by atoms with Gasteiger partial charge in [-0.3, -0.25) is 14.5 Å². The highest BCUT2D eigenvalue weighted by atomic mass is 16.2. The van der Waals surface area contributed by atoms with E-state index in [0.29, 0.717) is 19.6 Å². The van der Waals surface area contributed by atoms with Crippen LogP contribution in [0.1, 0.15) is 69.1 Å². The van der Waals surface area contributed by atoms with E-state index in [0.717, 1.165) is 74.1 Å². The lowest BCUT2D eigenvalue weighted by Gasteiger charge is -2.38. The van der Waals surface area contributed by atoms with E-state index in [4.69, 9.17) is 9.97 Å². The van der Waals surface area contributed by atoms with Crippen LogP contribution >= 0.6 is 0 Å². The predicted octanol–water partition coefficient (Wildman–Crippen LogP) is 2.21. The minimum absolute atomic E-state index is 0.0619. The van der Waals surface area contributed by atoms with Gasteiger partial charge < -0.3 is 15.1 Å². The summed E-state index contributed by atoms with van der Waals surface area (Å²) in [6, 6.07) is -0.0619. The second-order valence-electron chi connectivity index (χ2n) is 9.35. The van der Waals surface area contributed by atoms with E-state index in [1.54, 1.807) is 6.92 Å². The predicted molar refractivity (Wildman–Crippen MR) is 120 cm³/mol. The Bertz CT molecular complexity index is 803. The SMILES string of the molecule is CNc1nc([C@H]2CCCCN2C(=O)CN2CCC(C)CC2)nc2c1CN(C(C)=O)CC2. The number of nitrogens with one attached hydrogen (secondary N) is 1. The Hall–Kier alpha value is -2.22. The molecule has 0 spiro atoms. The minimum Gasteiger partial charge on any atom is -0.373 e. The molecule has 1 N–H and O–H groups in total. The highest BCUT2D eigenvalue weighted by Gasteiger charge is 2.33. The lowest BCUT2D eigenvalue weighted by molar-refractivity contribution is -0.137. The fourth-order valence-corrected chi connectivity index (χ4v) is 5.06. The first-order chi connectivity index (χ1) is 15.0. The number of anilines is 1. The average Bonchev–Trinajstić information content (AvgIpc) is 2.79. The largest absolute Gasteiger partial charge is 0.373 e. The number of piperidine rings is 2. The molecule has 3 aliphatic heterocycles. The summed E-state index contributed by atoms with van der Waals surface area (Å²) >= 11 is 0. The molecular weight excluding hydrogens is 392 g/mol. The van der Waals surface area contributed by atoms with Gasteiger partial charge in [-0.15, -0.1) is 0 Å². The number of amides is 2. The molecule has 3 aliphatic rings. The Kier molecular flexibility index (Phi) is 6.74. The number of nitrogens with zero attached hydrogens (tertiary/aromatic N) is 5. The molecule has 2 saturated heterocycles. The highest BCUT2D eigenvalue weighted by molar-refractivity contribution is 5.79. The van der Waals surface area contributed by atoms with Crippen LogP contribution in [0.25, 0.3) is 0 Å². The molecule has 4 rings (SSSR count). The average molecular weight is 429 g/mol. The van der Waals surface area contributed by atoms with Crippen LogP contribution in [-0.4, -0.2) is 76.3 Å². The van der Waals surface area contributed by atoms with Crippen molar-refractivity contribution in [3.8, 4) is 0 Å². The quantitative estimate of drug-likeness (QED) is 0.792. The van der Waals surface area contributed by atoms with E-state index >= 15 is 0 Å². The Morgan fingerprint density at radius 2 is 1.84 bits per heavy atom. The summed E-state index contributed by atoms with van der Waals surface area (Å²) in [5.74, 6) is 2.58. The maximum atomic E-state index is 13.3. The van der Waals surface area contributed by atoms with E-state index in [-0.39, 0.29) is 17.9 Å². The van der Waals surface area contributed by atoms with E-state index in [1.165, 1.54) is 12.8 Å². The number of carbonyl (C=O) groups excluding carboxylic acids is 2. The van der Waals surface area contributed by atoms with Crippen LogP contribution in [0.5, 0.6) is 0 Å². The van der Waals surface area contributed by atoms with Crippen molar-refractivity contribution < 1.29 is 9.59 Å². The molecule has 8 heteroatoms. The van der Waals surface area contributed by atoms with Crippen molar-refractivity contribution in [2.75, 3.05) is 45.1 Å². The van der Waals surface area contributed by atoms with Gasteiger partial charge in [0, 0.05) is 39.0 Å². The molecule has 0 aliphatic carbocycles. The highest BCUT2D eigenvalue weighted by Crippen LogP contribution is 2.32. The smallest absolute Gasteiger partial charge is 0.237 e. The van der Waals surface area contributed by atoms with Crippen molar-refractivity contribution in [3.05, 3.63) is 17.1 Å².